The summed E-state index contributed by atoms with van der Waals surface area (Å²) in [6.45, 7) is 10.1. The first-order valence-electron chi connectivity index (χ1n) is 11.6. The molecule has 0 radical (unpaired) electrons. The van der Waals surface area contributed by atoms with E-state index in [1.165, 1.54) is 12.1 Å². The van der Waals surface area contributed by atoms with Crippen molar-refractivity contribution in [3.05, 3.63) is 111 Å². The molecule has 182 valence electrons. The van der Waals surface area contributed by atoms with Gasteiger partial charge in [-0.25, -0.2) is 9.18 Å². The third-order valence-corrected chi connectivity index (χ3v) is 5.69. The van der Waals surface area contributed by atoms with Crippen LogP contribution < -0.4 is 0 Å². The number of hydrogen-bond acceptors (Lipinski definition) is 2. The van der Waals surface area contributed by atoms with Crippen molar-refractivity contribution < 1.29 is 14.3 Å². The lowest BCUT2D eigenvalue weighted by molar-refractivity contribution is -0.131. The highest BCUT2D eigenvalue weighted by Crippen LogP contribution is 2.38. The second-order valence-corrected chi connectivity index (χ2v) is 8.09. The second-order valence-electron chi connectivity index (χ2n) is 7.68. The maximum Gasteiger partial charge on any atom is 0.328 e. The van der Waals surface area contributed by atoms with Crippen LogP contribution in [0.4, 0.5) is 4.39 Å². The van der Waals surface area contributed by atoms with Gasteiger partial charge in [0, 0.05) is 18.5 Å². The zero-order chi connectivity index (χ0) is 26.0. The molecular weight excluding hydrogens is 461 g/mol. The summed E-state index contributed by atoms with van der Waals surface area (Å²) in [6, 6.07) is 14.1. The van der Waals surface area contributed by atoms with E-state index in [-0.39, 0.29) is 5.82 Å². The topological polar surface area (TPSA) is 50.2 Å². The lowest BCUT2D eigenvalue weighted by Gasteiger charge is -2.18. The molecule has 0 unspecified atom stereocenters. The van der Waals surface area contributed by atoms with Crippen LogP contribution in [0, 0.1) is 12.7 Å². The smallest absolute Gasteiger partial charge is 0.328 e. The van der Waals surface area contributed by atoms with Crippen molar-refractivity contribution in [2.45, 2.75) is 41.0 Å². The number of nitrogens with zero attached hydrogens (tertiary/aromatic N) is 1. The maximum absolute atomic E-state index is 13.7. The molecule has 3 rings (SSSR count). The lowest BCUT2D eigenvalue weighted by Crippen LogP contribution is -1.97. The molecule has 0 atom stereocenters. The SMILES string of the molecule is CC.CC/C(=C(\C(C)=C\c1cnccc1C)c1ccc(/C=C/C(=O)O)cc1)c1ccc(F)cc1Cl. The molecule has 1 N–H and O–H groups in total. The van der Waals surface area contributed by atoms with Crippen molar-refractivity contribution >= 4 is 40.9 Å². The van der Waals surface area contributed by atoms with Gasteiger partial charge in [0.1, 0.15) is 5.82 Å². The number of carbonyl (C=O) groups is 1. The molecule has 5 heteroatoms. The van der Waals surface area contributed by atoms with Crippen molar-refractivity contribution in [2.75, 3.05) is 0 Å². The molecule has 0 fully saturated rings. The number of aliphatic carboxylic acids is 1. The average molecular weight is 492 g/mol. The van der Waals surface area contributed by atoms with Gasteiger partial charge in [-0.05, 0) is 95.2 Å². The van der Waals surface area contributed by atoms with Gasteiger partial charge in [0.15, 0.2) is 0 Å². The van der Waals surface area contributed by atoms with Crippen molar-refractivity contribution in [1.29, 1.82) is 0 Å². The van der Waals surface area contributed by atoms with E-state index in [2.05, 4.69) is 11.1 Å². The normalized spacial score (nSPS) is 12.1. The summed E-state index contributed by atoms with van der Waals surface area (Å²) in [7, 11) is 0. The summed E-state index contributed by atoms with van der Waals surface area (Å²) < 4.78 is 13.7. The molecule has 0 saturated carbocycles. The second kappa shape index (κ2) is 13.4. The summed E-state index contributed by atoms with van der Waals surface area (Å²) >= 11 is 6.45. The quantitative estimate of drug-likeness (QED) is 0.204. The minimum absolute atomic E-state index is 0.357. The van der Waals surface area contributed by atoms with Crippen molar-refractivity contribution in [2.24, 2.45) is 0 Å². The predicted octanol–water partition coefficient (Wildman–Crippen LogP) is 8.73. The number of hydrogen-bond donors (Lipinski definition) is 1. The standard InChI is InChI=1S/C28H25ClFNO2.C2H6/c1-4-24(25-11-10-23(30)16-26(25)29)28(19(3)15-22-17-31-14-13-18(22)2)21-8-5-20(6-9-21)7-12-27(32)33;1-2/h5-17H,4H2,1-3H3,(H,32,33);1-2H3/b12-7+,19-15+,28-24-;. The van der Waals surface area contributed by atoms with Crippen LogP contribution in [0.1, 0.15) is 61.9 Å². The van der Waals surface area contributed by atoms with E-state index in [1.54, 1.807) is 18.3 Å². The van der Waals surface area contributed by atoms with Crippen LogP contribution in [-0.2, 0) is 4.79 Å². The highest BCUT2D eigenvalue weighted by Gasteiger charge is 2.16. The fourth-order valence-electron chi connectivity index (χ4n) is 3.74. The zero-order valence-electron chi connectivity index (χ0n) is 20.8. The maximum atomic E-state index is 13.7. The Labute approximate surface area is 212 Å². The van der Waals surface area contributed by atoms with Crippen LogP contribution in [0.2, 0.25) is 5.02 Å². The third-order valence-electron chi connectivity index (χ3n) is 5.38. The van der Waals surface area contributed by atoms with Gasteiger partial charge in [0.05, 0.1) is 5.02 Å². The molecule has 0 bridgehead atoms. The Kier molecular flexibility index (Phi) is 10.6. The minimum atomic E-state index is -0.996. The summed E-state index contributed by atoms with van der Waals surface area (Å²) in [5.74, 6) is -1.38. The molecule has 3 aromatic rings. The Morgan fingerprint density at radius 2 is 1.80 bits per heavy atom. The van der Waals surface area contributed by atoms with Gasteiger partial charge in [-0.15, -0.1) is 0 Å². The van der Waals surface area contributed by atoms with Crippen LogP contribution in [0.25, 0.3) is 23.3 Å². The number of aromatic nitrogens is 1. The Bertz CT molecular complexity index is 1260. The van der Waals surface area contributed by atoms with Gasteiger partial charge in [-0.2, -0.15) is 0 Å². The Morgan fingerprint density at radius 1 is 1.11 bits per heavy atom. The molecule has 3 nitrogen and oxygen atoms in total. The summed E-state index contributed by atoms with van der Waals surface area (Å²) in [5, 5.41) is 9.24. The fraction of sp³-hybridized carbons (Fsp3) is 0.200. The van der Waals surface area contributed by atoms with E-state index in [0.717, 1.165) is 50.6 Å². The van der Waals surface area contributed by atoms with Gasteiger partial charge in [0.2, 0.25) is 0 Å². The van der Waals surface area contributed by atoms with Crippen molar-refractivity contribution in [3.63, 3.8) is 0 Å². The van der Waals surface area contributed by atoms with Crippen LogP contribution in [0.3, 0.4) is 0 Å². The monoisotopic (exact) mass is 491 g/mol. The van der Waals surface area contributed by atoms with Gasteiger partial charge < -0.3 is 5.11 Å². The number of rotatable bonds is 7. The first-order chi connectivity index (χ1) is 16.8. The zero-order valence-corrected chi connectivity index (χ0v) is 21.5. The number of aryl methyl sites for hydroxylation is 1. The summed E-state index contributed by atoms with van der Waals surface area (Å²) in [6.07, 6.45) is 9.01. The van der Waals surface area contributed by atoms with Crippen LogP contribution in [0.15, 0.2) is 72.6 Å². The van der Waals surface area contributed by atoms with Gasteiger partial charge in [-0.3, -0.25) is 4.98 Å². The van der Waals surface area contributed by atoms with E-state index < -0.39 is 5.97 Å². The molecule has 0 spiro atoms. The number of halogens is 2. The molecule has 1 heterocycles. The Balaban J connectivity index is 0.00000210. The van der Waals surface area contributed by atoms with Crippen LogP contribution in [0.5, 0.6) is 0 Å². The van der Waals surface area contributed by atoms with E-state index in [4.69, 9.17) is 16.7 Å². The van der Waals surface area contributed by atoms with E-state index in [9.17, 15) is 9.18 Å². The molecule has 0 aliphatic heterocycles. The predicted molar refractivity (Wildman–Crippen MR) is 146 cm³/mol. The van der Waals surface area contributed by atoms with E-state index in [1.807, 2.05) is 71.1 Å². The third kappa shape index (κ3) is 7.49. The van der Waals surface area contributed by atoms with Crippen molar-refractivity contribution in [1.82, 2.24) is 4.98 Å². The van der Waals surface area contributed by atoms with Crippen LogP contribution >= 0.6 is 11.6 Å². The highest BCUT2D eigenvalue weighted by atomic mass is 35.5. The molecule has 2 aromatic carbocycles. The molecular formula is C30H31ClFNO2. The van der Waals surface area contributed by atoms with E-state index in [0.29, 0.717) is 11.4 Å². The number of benzene rings is 2. The fourth-order valence-corrected chi connectivity index (χ4v) is 4.02. The van der Waals surface area contributed by atoms with E-state index >= 15 is 0 Å². The molecule has 0 amide bonds. The summed E-state index contributed by atoms with van der Waals surface area (Å²) in [5.41, 5.74) is 7.62. The first kappa shape index (κ1) is 27.7. The number of carboxylic acid groups (broad SMARTS) is 1. The Hall–Kier alpha value is -3.50. The van der Waals surface area contributed by atoms with Crippen LogP contribution in [-0.4, -0.2) is 16.1 Å². The first-order valence-corrected chi connectivity index (χ1v) is 12.0. The molecule has 0 saturated heterocycles. The minimum Gasteiger partial charge on any atom is -0.478 e. The van der Waals surface area contributed by atoms with Gasteiger partial charge in [0.25, 0.3) is 0 Å². The average Bonchev–Trinajstić information content (AvgIpc) is 2.85. The van der Waals surface area contributed by atoms with Crippen molar-refractivity contribution in [3.8, 4) is 0 Å². The lowest BCUT2D eigenvalue weighted by atomic mass is 9.87. The van der Waals surface area contributed by atoms with Gasteiger partial charge >= 0.3 is 5.97 Å². The Morgan fingerprint density at radius 3 is 2.37 bits per heavy atom. The number of allylic oxidation sites excluding steroid dienone is 3. The summed E-state index contributed by atoms with van der Waals surface area (Å²) in [4.78, 5) is 15.1. The van der Waals surface area contributed by atoms with Gasteiger partial charge in [-0.1, -0.05) is 62.7 Å². The molecule has 35 heavy (non-hydrogen) atoms. The largest absolute Gasteiger partial charge is 0.478 e. The molecule has 0 aliphatic rings. The number of carboxylic acids is 1. The molecule has 1 aromatic heterocycles. The highest BCUT2D eigenvalue weighted by molar-refractivity contribution is 6.32. The molecule has 0 aliphatic carbocycles. The number of pyridine rings is 1.